The molecule has 4 rings (SSSR count). The average Bonchev–Trinajstić information content (AvgIpc) is 3.17. The Morgan fingerprint density at radius 2 is 1.88 bits per heavy atom. The third-order valence-electron chi connectivity index (χ3n) is 4.85. The molecule has 26 heavy (non-hydrogen) atoms. The van der Waals surface area contributed by atoms with Gasteiger partial charge in [-0.2, -0.15) is 0 Å². The Bertz CT molecular complexity index is 886. The van der Waals surface area contributed by atoms with Gasteiger partial charge in [0.1, 0.15) is 0 Å². The first-order chi connectivity index (χ1) is 12.8. The van der Waals surface area contributed by atoms with E-state index in [2.05, 4.69) is 23.6 Å². The molecule has 2 aromatic carbocycles. The quantitative estimate of drug-likeness (QED) is 0.673. The summed E-state index contributed by atoms with van der Waals surface area (Å²) in [7, 11) is 1.68. The normalized spacial score (nSPS) is 16.3. The number of carbonyl (C=O) groups is 1. The number of thiophene rings is 1. The molecule has 0 unspecified atom stereocenters. The van der Waals surface area contributed by atoms with Crippen LogP contribution in [-0.2, 0) is 17.8 Å². The molecule has 132 valence electrons. The summed E-state index contributed by atoms with van der Waals surface area (Å²) in [5, 5.41) is 2.13. The molecule has 0 spiro atoms. The highest BCUT2D eigenvalue weighted by molar-refractivity contribution is 7.10. The topological polar surface area (TPSA) is 29.5 Å². The van der Waals surface area contributed by atoms with E-state index >= 15 is 0 Å². The molecule has 3 aromatic rings. The van der Waals surface area contributed by atoms with Crippen LogP contribution >= 0.6 is 11.3 Å². The van der Waals surface area contributed by atoms with Crippen molar-refractivity contribution in [1.82, 2.24) is 4.90 Å². The second-order valence-corrected chi connectivity index (χ2v) is 7.49. The fourth-order valence-electron chi connectivity index (χ4n) is 3.61. The molecule has 4 heteroatoms. The van der Waals surface area contributed by atoms with Crippen molar-refractivity contribution in [3.8, 4) is 0 Å². The van der Waals surface area contributed by atoms with E-state index in [9.17, 15) is 4.79 Å². The standard InChI is InChI=1S/C22H21NO2S/c1-25-15-16-7-9-18(10-8-16)22(24)23-13-11-20-19(12-14-26-20)21(23)17-5-3-2-4-6-17/h2-10,12,14,21H,11,13,15H2,1H3/t21-/m1/s1. The van der Waals surface area contributed by atoms with Crippen LogP contribution in [0.15, 0.2) is 66.0 Å². The largest absolute Gasteiger partial charge is 0.380 e. The van der Waals surface area contributed by atoms with Crippen LogP contribution in [0, 0.1) is 0 Å². The maximum Gasteiger partial charge on any atom is 0.254 e. The van der Waals surface area contributed by atoms with Gasteiger partial charge in [-0.1, -0.05) is 42.5 Å². The molecule has 0 saturated carbocycles. The third-order valence-corrected chi connectivity index (χ3v) is 5.85. The number of nitrogens with zero attached hydrogens (tertiary/aromatic N) is 1. The Hall–Kier alpha value is -2.43. The van der Waals surface area contributed by atoms with Gasteiger partial charge in [-0.3, -0.25) is 4.79 Å². The van der Waals surface area contributed by atoms with Gasteiger partial charge in [-0.05, 0) is 46.7 Å². The van der Waals surface area contributed by atoms with E-state index in [1.165, 1.54) is 10.4 Å². The maximum atomic E-state index is 13.3. The van der Waals surface area contributed by atoms with Crippen molar-refractivity contribution in [1.29, 1.82) is 0 Å². The zero-order valence-electron chi connectivity index (χ0n) is 14.7. The van der Waals surface area contributed by atoms with E-state index in [1.807, 2.05) is 47.4 Å². The average molecular weight is 363 g/mol. The molecule has 0 radical (unpaired) electrons. The van der Waals surface area contributed by atoms with Crippen LogP contribution in [0.5, 0.6) is 0 Å². The molecular weight excluding hydrogens is 342 g/mol. The fourth-order valence-corrected chi connectivity index (χ4v) is 4.51. The fraction of sp³-hybridized carbons (Fsp3) is 0.227. The highest BCUT2D eigenvalue weighted by atomic mass is 32.1. The molecule has 0 fully saturated rings. The number of fused-ring (bicyclic) bond motifs is 1. The minimum Gasteiger partial charge on any atom is -0.380 e. The van der Waals surface area contributed by atoms with Gasteiger partial charge in [0, 0.05) is 24.1 Å². The molecular formula is C22H21NO2S. The van der Waals surface area contributed by atoms with Crippen LogP contribution < -0.4 is 0 Å². The smallest absolute Gasteiger partial charge is 0.254 e. The molecule has 1 aliphatic rings. The van der Waals surface area contributed by atoms with Gasteiger partial charge in [0.2, 0.25) is 0 Å². The first-order valence-electron chi connectivity index (χ1n) is 8.78. The molecule has 0 N–H and O–H groups in total. The number of rotatable bonds is 4. The molecule has 2 heterocycles. The van der Waals surface area contributed by atoms with Crippen LogP contribution in [0.1, 0.15) is 38.0 Å². The number of benzene rings is 2. The van der Waals surface area contributed by atoms with Crippen molar-refractivity contribution in [2.75, 3.05) is 13.7 Å². The SMILES string of the molecule is COCc1ccc(C(=O)N2CCc3sccc3[C@H]2c2ccccc2)cc1. The second kappa shape index (κ2) is 7.44. The van der Waals surface area contributed by atoms with Gasteiger partial charge < -0.3 is 9.64 Å². The van der Waals surface area contributed by atoms with Crippen molar-refractivity contribution in [2.24, 2.45) is 0 Å². The lowest BCUT2D eigenvalue weighted by atomic mass is 9.92. The minimum atomic E-state index is -0.0163. The number of hydrogen-bond donors (Lipinski definition) is 0. The predicted octanol–water partition coefficient (Wildman–Crippen LogP) is 4.68. The zero-order valence-corrected chi connectivity index (χ0v) is 15.5. The maximum absolute atomic E-state index is 13.3. The molecule has 1 aromatic heterocycles. The Morgan fingerprint density at radius 3 is 2.62 bits per heavy atom. The first kappa shape index (κ1) is 17.0. The number of amides is 1. The van der Waals surface area contributed by atoms with Crippen molar-refractivity contribution >= 4 is 17.2 Å². The monoisotopic (exact) mass is 363 g/mol. The highest BCUT2D eigenvalue weighted by Crippen LogP contribution is 2.38. The lowest BCUT2D eigenvalue weighted by Gasteiger charge is -2.36. The molecule has 1 amide bonds. The van der Waals surface area contributed by atoms with Crippen molar-refractivity contribution < 1.29 is 9.53 Å². The van der Waals surface area contributed by atoms with Crippen molar-refractivity contribution in [2.45, 2.75) is 19.1 Å². The third kappa shape index (κ3) is 3.18. The summed E-state index contributed by atoms with van der Waals surface area (Å²) in [5.74, 6) is 0.0830. The summed E-state index contributed by atoms with van der Waals surface area (Å²) in [5.41, 5.74) is 4.22. The van der Waals surface area contributed by atoms with Crippen LogP contribution in [0.4, 0.5) is 0 Å². The number of ether oxygens (including phenoxy) is 1. The summed E-state index contributed by atoms with van der Waals surface area (Å²) < 4.78 is 5.16. The van der Waals surface area contributed by atoms with E-state index in [1.54, 1.807) is 18.4 Å². The highest BCUT2D eigenvalue weighted by Gasteiger charge is 2.33. The molecule has 0 aliphatic carbocycles. The van der Waals surface area contributed by atoms with Gasteiger partial charge in [-0.15, -0.1) is 11.3 Å². The molecule has 1 atom stereocenters. The Morgan fingerprint density at radius 1 is 1.12 bits per heavy atom. The van der Waals surface area contributed by atoms with Crippen LogP contribution in [0.3, 0.4) is 0 Å². The van der Waals surface area contributed by atoms with E-state index < -0.39 is 0 Å². The number of hydrogen-bond acceptors (Lipinski definition) is 3. The zero-order chi connectivity index (χ0) is 17.9. The van der Waals surface area contributed by atoms with Gasteiger partial charge in [-0.25, -0.2) is 0 Å². The molecule has 0 bridgehead atoms. The van der Waals surface area contributed by atoms with Gasteiger partial charge in [0.15, 0.2) is 0 Å². The summed E-state index contributed by atoms with van der Waals surface area (Å²) in [6.07, 6.45) is 0.920. The molecule has 3 nitrogen and oxygen atoms in total. The number of carbonyl (C=O) groups excluding carboxylic acids is 1. The lowest BCUT2D eigenvalue weighted by Crippen LogP contribution is -2.40. The van der Waals surface area contributed by atoms with E-state index in [-0.39, 0.29) is 11.9 Å². The minimum absolute atomic E-state index is 0.0163. The Balaban J connectivity index is 1.69. The number of methoxy groups -OCH3 is 1. The van der Waals surface area contributed by atoms with Crippen molar-refractivity contribution in [3.63, 3.8) is 0 Å². The van der Waals surface area contributed by atoms with Gasteiger partial charge >= 0.3 is 0 Å². The lowest BCUT2D eigenvalue weighted by molar-refractivity contribution is 0.0696. The Labute approximate surface area is 157 Å². The van der Waals surface area contributed by atoms with Crippen molar-refractivity contribution in [3.05, 3.63) is 93.2 Å². The van der Waals surface area contributed by atoms with Gasteiger partial charge in [0.05, 0.1) is 12.6 Å². The van der Waals surface area contributed by atoms with Gasteiger partial charge in [0.25, 0.3) is 5.91 Å². The van der Waals surface area contributed by atoms with E-state index in [4.69, 9.17) is 4.74 Å². The Kier molecular flexibility index (Phi) is 4.87. The van der Waals surface area contributed by atoms with Crippen LogP contribution in [-0.4, -0.2) is 24.5 Å². The molecule has 1 aliphatic heterocycles. The second-order valence-electron chi connectivity index (χ2n) is 6.49. The molecule has 0 saturated heterocycles. The summed E-state index contributed by atoms with van der Waals surface area (Å²) in [6.45, 7) is 1.30. The van der Waals surface area contributed by atoms with Crippen LogP contribution in [0.25, 0.3) is 0 Å². The summed E-state index contributed by atoms with van der Waals surface area (Å²) in [4.78, 5) is 16.7. The predicted molar refractivity (Wildman–Crippen MR) is 104 cm³/mol. The van der Waals surface area contributed by atoms with E-state index in [0.29, 0.717) is 6.61 Å². The summed E-state index contributed by atoms with van der Waals surface area (Å²) in [6, 6.07) is 20.2. The van der Waals surface area contributed by atoms with Crippen LogP contribution in [0.2, 0.25) is 0 Å². The summed E-state index contributed by atoms with van der Waals surface area (Å²) >= 11 is 1.79. The van der Waals surface area contributed by atoms with E-state index in [0.717, 1.165) is 29.7 Å². The first-order valence-corrected chi connectivity index (χ1v) is 9.66.